The molecule has 1 aliphatic heterocycles. The first-order valence-corrected chi connectivity index (χ1v) is 6.01. The maximum Gasteiger partial charge on any atom is 0.236 e. The number of rotatable bonds is 2. The summed E-state index contributed by atoms with van der Waals surface area (Å²) in [5.41, 5.74) is 1.33. The largest absolute Gasteiger partial charge is 0.345 e. The molecule has 1 amide bonds. The lowest BCUT2D eigenvalue weighted by molar-refractivity contribution is -0.130. The maximum absolute atomic E-state index is 11.8. The van der Waals surface area contributed by atoms with Crippen LogP contribution < -0.4 is 0 Å². The summed E-state index contributed by atoms with van der Waals surface area (Å²) < 4.78 is 0. The normalized spacial score (nSPS) is 17.3. The Hall–Kier alpha value is -1.93. The predicted molar refractivity (Wildman–Crippen MR) is 66.5 cm³/mol. The van der Waals surface area contributed by atoms with E-state index in [4.69, 9.17) is 5.26 Å². The minimum absolute atomic E-state index is 0.134. The Morgan fingerprint density at radius 3 is 3.11 bits per heavy atom. The standard InChI is InChI=1S/C13H16N4O/c1-16-6-3-7-17(10-13(16)18)9-11-4-2-5-15-12(11)8-14/h2,4-5H,3,6-7,9-10H2,1H3. The second-order valence-corrected chi connectivity index (χ2v) is 4.50. The monoisotopic (exact) mass is 244 g/mol. The Labute approximate surface area is 107 Å². The molecule has 0 saturated carbocycles. The Morgan fingerprint density at radius 1 is 1.50 bits per heavy atom. The summed E-state index contributed by atoms with van der Waals surface area (Å²) in [5.74, 6) is 0.134. The number of nitriles is 1. The van der Waals surface area contributed by atoms with Gasteiger partial charge >= 0.3 is 0 Å². The molecule has 1 aromatic heterocycles. The molecule has 0 unspecified atom stereocenters. The van der Waals surface area contributed by atoms with Gasteiger partial charge in [-0.1, -0.05) is 6.07 Å². The number of aromatic nitrogens is 1. The van der Waals surface area contributed by atoms with Gasteiger partial charge in [-0.3, -0.25) is 9.69 Å². The smallest absolute Gasteiger partial charge is 0.236 e. The molecule has 1 aromatic rings. The highest BCUT2D eigenvalue weighted by atomic mass is 16.2. The molecule has 0 aromatic carbocycles. The summed E-state index contributed by atoms with van der Waals surface area (Å²) in [6.07, 6.45) is 2.58. The third kappa shape index (κ3) is 2.84. The van der Waals surface area contributed by atoms with E-state index in [0.29, 0.717) is 18.8 Å². The highest BCUT2D eigenvalue weighted by Gasteiger charge is 2.19. The van der Waals surface area contributed by atoms with E-state index < -0.39 is 0 Å². The van der Waals surface area contributed by atoms with Crippen LogP contribution in [-0.2, 0) is 11.3 Å². The third-order valence-corrected chi connectivity index (χ3v) is 3.14. The van der Waals surface area contributed by atoms with Gasteiger partial charge < -0.3 is 4.90 Å². The van der Waals surface area contributed by atoms with E-state index in [0.717, 1.165) is 25.1 Å². The highest BCUT2D eigenvalue weighted by Crippen LogP contribution is 2.11. The van der Waals surface area contributed by atoms with Gasteiger partial charge in [-0.25, -0.2) is 4.98 Å². The number of carbonyl (C=O) groups excluding carboxylic acids is 1. The van der Waals surface area contributed by atoms with Gasteiger partial charge in [0.15, 0.2) is 0 Å². The van der Waals surface area contributed by atoms with Crippen molar-refractivity contribution in [3.05, 3.63) is 29.6 Å². The van der Waals surface area contributed by atoms with Crippen LogP contribution in [0.1, 0.15) is 17.7 Å². The fourth-order valence-corrected chi connectivity index (χ4v) is 2.09. The number of hydrogen-bond acceptors (Lipinski definition) is 4. The Kier molecular flexibility index (Phi) is 3.90. The second kappa shape index (κ2) is 5.61. The fraction of sp³-hybridized carbons (Fsp3) is 0.462. The first kappa shape index (κ1) is 12.5. The van der Waals surface area contributed by atoms with Crippen molar-refractivity contribution in [1.29, 1.82) is 5.26 Å². The molecule has 1 aliphatic rings. The van der Waals surface area contributed by atoms with Crippen molar-refractivity contribution in [3.8, 4) is 6.07 Å². The van der Waals surface area contributed by atoms with Crippen molar-refractivity contribution in [1.82, 2.24) is 14.8 Å². The summed E-state index contributed by atoms with van der Waals surface area (Å²) in [5, 5.41) is 8.99. The van der Waals surface area contributed by atoms with Crippen molar-refractivity contribution >= 4 is 5.91 Å². The van der Waals surface area contributed by atoms with E-state index in [-0.39, 0.29) is 5.91 Å². The number of hydrogen-bond donors (Lipinski definition) is 0. The molecule has 94 valence electrons. The number of carbonyl (C=O) groups is 1. The van der Waals surface area contributed by atoms with E-state index >= 15 is 0 Å². The lowest BCUT2D eigenvalue weighted by Gasteiger charge is -2.19. The third-order valence-electron chi connectivity index (χ3n) is 3.14. The highest BCUT2D eigenvalue weighted by molar-refractivity contribution is 5.78. The molecular formula is C13H16N4O. The van der Waals surface area contributed by atoms with Gasteiger partial charge in [-0.05, 0) is 12.5 Å². The SMILES string of the molecule is CN1CCCN(Cc2cccnc2C#N)CC1=O. The minimum Gasteiger partial charge on any atom is -0.345 e. The van der Waals surface area contributed by atoms with Crippen molar-refractivity contribution in [2.45, 2.75) is 13.0 Å². The molecule has 5 nitrogen and oxygen atoms in total. The molecule has 0 aliphatic carbocycles. The summed E-state index contributed by atoms with van der Waals surface area (Å²) >= 11 is 0. The van der Waals surface area contributed by atoms with Gasteiger partial charge in [0.25, 0.3) is 0 Å². The summed E-state index contributed by atoms with van der Waals surface area (Å²) in [7, 11) is 1.83. The summed E-state index contributed by atoms with van der Waals surface area (Å²) in [6.45, 7) is 2.69. The lowest BCUT2D eigenvalue weighted by Crippen LogP contribution is -2.34. The van der Waals surface area contributed by atoms with Gasteiger partial charge in [-0.2, -0.15) is 5.26 Å². The van der Waals surface area contributed by atoms with Gasteiger partial charge in [0.05, 0.1) is 6.54 Å². The fourth-order valence-electron chi connectivity index (χ4n) is 2.09. The van der Waals surface area contributed by atoms with Crippen LogP contribution in [0.25, 0.3) is 0 Å². The predicted octanol–water partition coefficient (Wildman–Crippen LogP) is 0.617. The first-order chi connectivity index (χ1) is 8.70. The zero-order valence-electron chi connectivity index (χ0n) is 10.5. The molecule has 18 heavy (non-hydrogen) atoms. The first-order valence-electron chi connectivity index (χ1n) is 6.01. The molecule has 0 N–H and O–H groups in total. The molecule has 1 saturated heterocycles. The Balaban J connectivity index is 2.09. The van der Waals surface area contributed by atoms with Crippen LogP contribution in [0.2, 0.25) is 0 Å². The molecular weight excluding hydrogens is 228 g/mol. The van der Waals surface area contributed by atoms with Crippen molar-refractivity contribution in [3.63, 3.8) is 0 Å². The zero-order valence-corrected chi connectivity index (χ0v) is 10.5. The lowest BCUT2D eigenvalue weighted by atomic mass is 10.2. The molecule has 5 heteroatoms. The Morgan fingerprint density at radius 2 is 2.33 bits per heavy atom. The quantitative estimate of drug-likeness (QED) is 0.765. The Bertz CT molecular complexity index is 480. The molecule has 2 heterocycles. The minimum atomic E-state index is 0.134. The van der Waals surface area contributed by atoms with Crippen LogP contribution in [0, 0.1) is 11.3 Å². The zero-order chi connectivity index (χ0) is 13.0. The van der Waals surface area contributed by atoms with Gasteiger partial charge in [-0.15, -0.1) is 0 Å². The molecule has 0 spiro atoms. The van der Waals surface area contributed by atoms with Gasteiger partial charge in [0.2, 0.25) is 5.91 Å². The summed E-state index contributed by atoms with van der Waals surface area (Å²) in [6, 6.07) is 5.80. The van der Waals surface area contributed by atoms with E-state index in [9.17, 15) is 4.79 Å². The van der Waals surface area contributed by atoms with E-state index in [1.807, 2.05) is 19.2 Å². The molecule has 0 radical (unpaired) electrons. The van der Waals surface area contributed by atoms with Crippen molar-refractivity contribution in [2.24, 2.45) is 0 Å². The average molecular weight is 244 g/mol. The van der Waals surface area contributed by atoms with Crippen LogP contribution in [0.4, 0.5) is 0 Å². The van der Waals surface area contributed by atoms with Crippen LogP contribution in [0.3, 0.4) is 0 Å². The van der Waals surface area contributed by atoms with Crippen molar-refractivity contribution < 1.29 is 4.79 Å². The average Bonchev–Trinajstić information content (AvgIpc) is 2.53. The number of likely N-dealkylation sites (N-methyl/N-ethyl adjacent to an activating group) is 1. The molecule has 0 bridgehead atoms. The molecule has 0 atom stereocenters. The number of nitrogens with zero attached hydrogens (tertiary/aromatic N) is 4. The summed E-state index contributed by atoms with van der Waals surface area (Å²) in [4.78, 5) is 19.6. The van der Waals surface area contributed by atoms with Crippen LogP contribution >= 0.6 is 0 Å². The van der Waals surface area contributed by atoms with Gasteiger partial charge in [0, 0.05) is 38.4 Å². The van der Waals surface area contributed by atoms with Gasteiger partial charge in [0.1, 0.15) is 11.8 Å². The van der Waals surface area contributed by atoms with E-state index in [2.05, 4.69) is 16.0 Å². The van der Waals surface area contributed by atoms with E-state index in [1.54, 1.807) is 11.1 Å². The van der Waals surface area contributed by atoms with Crippen LogP contribution in [0.15, 0.2) is 18.3 Å². The second-order valence-electron chi connectivity index (χ2n) is 4.50. The topological polar surface area (TPSA) is 60.2 Å². The van der Waals surface area contributed by atoms with E-state index in [1.165, 1.54) is 0 Å². The van der Waals surface area contributed by atoms with Crippen LogP contribution in [-0.4, -0.2) is 47.4 Å². The van der Waals surface area contributed by atoms with Crippen molar-refractivity contribution in [2.75, 3.05) is 26.7 Å². The molecule has 1 fully saturated rings. The molecule has 2 rings (SSSR count). The van der Waals surface area contributed by atoms with Crippen LogP contribution in [0.5, 0.6) is 0 Å². The maximum atomic E-state index is 11.8. The number of pyridine rings is 1. The number of amides is 1.